The standard InChI is InChI=1S/C31H41N3O8S.C24H33N3O4S.C13H13NO7.ClH/c1-31(2,15-7-16-32)21-34(43(37,38)24-12-10-23(39-3)11-13-24)19-27(35)26(18-22-8-5-4-6-9-22)33-30(36)42-28-20-41-29-25(28)14-17-40-29;1-24(2,14-7-15-25)18-27(32(29,30)21-12-10-20(31-3)11-13-21)17-23(28)22(26)16-19-8-5-4-6-9-19;15-13(20-9-3-1-8(2-4-9)14(16)17)21-11-7-19-12-10(11)5-6-18-12;/h4-6,8-13,25-29,35H,7,14-15,17-21H2,1-3H3,(H,33,36);4-6,8-13,22-23,28H,7,14,16-18,26H2,1-3H3;1-4,10-12H,5-7H2;1H/t25-,26-,27+,28+,29+;22?,23-;10-,11+,12+;/m010./s1. The lowest BCUT2D eigenvalue weighted by molar-refractivity contribution is -0.384. The third-order valence-electron chi connectivity index (χ3n) is 16.8. The number of hydrogen-bond acceptors (Lipinski definition) is 22. The molecule has 0 spiro atoms. The van der Waals surface area contributed by atoms with Gasteiger partial charge in [-0.15, -0.1) is 12.4 Å². The van der Waals surface area contributed by atoms with Crippen molar-refractivity contribution in [3.63, 3.8) is 0 Å². The van der Waals surface area contributed by atoms with Gasteiger partial charge in [-0.1, -0.05) is 88.4 Å². The highest BCUT2D eigenvalue weighted by atomic mass is 35.5. The van der Waals surface area contributed by atoms with Crippen molar-refractivity contribution in [1.29, 1.82) is 10.5 Å². The second-order valence-electron chi connectivity index (χ2n) is 25.3. The molecule has 5 aromatic carbocycles. The number of benzene rings is 5. The van der Waals surface area contributed by atoms with Gasteiger partial charge in [0.1, 0.15) is 29.5 Å². The van der Waals surface area contributed by atoms with Crippen molar-refractivity contribution in [3.05, 3.63) is 155 Å². The van der Waals surface area contributed by atoms with Gasteiger partial charge in [-0.3, -0.25) is 10.1 Å². The Labute approximate surface area is 573 Å². The molecule has 0 aliphatic carbocycles. The van der Waals surface area contributed by atoms with Crippen LogP contribution < -0.4 is 25.3 Å². The van der Waals surface area contributed by atoms with Crippen LogP contribution in [0.4, 0.5) is 15.3 Å². The highest BCUT2D eigenvalue weighted by molar-refractivity contribution is 7.89. The third-order valence-corrected chi connectivity index (χ3v) is 20.5. The number of nitriles is 2. The lowest BCUT2D eigenvalue weighted by atomic mass is 9.88. The lowest BCUT2D eigenvalue weighted by Gasteiger charge is -2.35. The number of halogens is 1. The number of hydrogen-bond donors (Lipinski definition) is 4. The number of aliphatic hydroxyl groups excluding tert-OH is 2. The molecule has 528 valence electrons. The zero-order chi connectivity index (χ0) is 69.6. The van der Waals surface area contributed by atoms with E-state index in [-0.39, 0.29) is 116 Å². The van der Waals surface area contributed by atoms with Gasteiger partial charge in [0.25, 0.3) is 5.69 Å². The predicted octanol–water partition coefficient (Wildman–Crippen LogP) is 8.72. The topological polar surface area (TPSA) is 361 Å². The van der Waals surface area contributed by atoms with Crippen LogP contribution in [0.3, 0.4) is 0 Å². The molecule has 1 unspecified atom stereocenters. The normalized spacial score (nSPS) is 20.1. The zero-order valence-electron chi connectivity index (χ0n) is 55.2. The van der Waals surface area contributed by atoms with Crippen molar-refractivity contribution in [2.45, 2.75) is 138 Å². The number of fused-ring (bicyclic) bond motifs is 2. The lowest BCUT2D eigenvalue weighted by Crippen LogP contribution is -2.52. The summed E-state index contributed by atoms with van der Waals surface area (Å²) in [5.41, 5.74) is 6.94. The zero-order valence-corrected chi connectivity index (χ0v) is 57.6. The van der Waals surface area contributed by atoms with Gasteiger partial charge in [0.2, 0.25) is 20.0 Å². The first-order chi connectivity index (χ1) is 45.7. The summed E-state index contributed by atoms with van der Waals surface area (Å²) in [5.74, 6) is 1.23. The van der Waals surface area contributed by atoms with Crippen LogP contribution in [0, 0.1) is 55.4 Å². The quantitative estimate of drug-likeness (QED) is 0.0150. The van der Waals surface area contributed by atoms with E-state index in [4.69, 9.17) is 58.9 Å². The van der Waals surface area contributed by atoms with E-state index in [0.717, 1.165) is 24.0 Å². The number of methoxy groups -OCH3 is 2. The molecule has 26 nitrogen and oxygen atoms in total. The first-order valence-electron chi connectivity index (χ1n) is 31.5. The maximum absolute atomic E-state index is 13.9. The Hall–Kier alpha value is -7.55. The maximum atomic E-state index is 13.9. The first-order valence-corrected chi connectivity index (χ1v) is 34.4. The van der Waals surface area contributed by atoms with Crippen molar-refractivity contribution in [1.82, 2.24) is 13.9 Å². The number of non-ortho nitro benzene ring substituents is 1. The summed E-state index contributed by atoms with van der Waals surface area (Å²) >= 11 is 0. The van der Waals surface area contributed by atoms with Crippen LogP contribution in [0.25, 0.3) is 0 Å². The number of nitrogens with zero attached hydrogens (tertiary/aromatic N) is 5. The van der Waals surface area contributed by atoms with Crippen molar-refractivity contribution in [2.75, 3.05) is 66.8 Å². The summed E-state index contributed by atoms with van der Waals surface area (Å²) in [6.07, 6.45) is -1.75. The monoisotopic (exact) mass is 1410 g/mol. The van der Waals surface area contributed by atoms with Gasteiger partial charge in [-0.2, -0.15) is 19.1 Å². The SMILES string of the molecule is COc1ccc(S(=O)(=O)N(C[C@@H](O)C(N)Cc2ccccc2)CC(C)(C)CCC#N)cc1.COc1ccc(S(=O)(=O)N(C[C@@H](O)[C@H](Cc2ccccc2)NC(=O)O[C@@H]2CO[C@H]3OCC[C@H]32)CC(C)(C)CCC#N)cc1.Cl.O=C(Oc1ccc([N+](=O)[O-])cc1)O[C@@H]1CO[C@H]2OCC[C@H]21. The predicted molar refractivity (Wildman–Crippen MR) is 357 cm³/mol. The number of rotatable bonds is 29. The second-order valence-corrected chi connectivity index (χ2v) is 29.1. The Balaban J connectivity index is 0.000000242. The van der Waals surface area contributed by atoms with Gasteiger partial charge in [0.05, 0.1) is 97.6 Å². The molecule has 0 saturated carbocycles. The first kappa shape index (κ1) is 78.4. The van der Waals surface area contributed by atoms with Crippen molar-refractivity contribution in [3.8, 4) is 29.4 Å². The molecule has 4 aliphatic heterocycles. The van der Waals surface area contributed by atoms with Gasteiger partial charge >= 0.3 is 12.2 Å². The maximum Gasteiger partial charge on any atom is 0.514 e. The van der Waals surface area contributed by atoms with Crippen LogP contribution >= 0.6 is 12.4 Å². The van der Waals surface area contributed by atoms with Crippen LogP contribution in [-0.4, -0.2) is 169 Å². The van der Waals surface area contributed by atoms with E-state index >= 15 is 0 Å². The van der Waals surface area contributed by atoms with Gasteiger partial charge in [0.15, 0.2) is 12.6 Å². The van der Waals surface area contributed by atoms with Gasteiger partial charge in [-0.05, 0) is 121 Å². The Morgan fingerprint density at radius 3 is 1.51 bits per heavy atom. The van der Waals surface area contributed by atoms with Crippen molar-refractivity contribution >= 4 is 50.4 Å². The van der Waals surface area contributed by atoms with Crippen LogP contribution in [0.15, 0.2) is 143 Å². The number of carbonyl (C=O) groups excluding carboxylic acids is 2. The number of alkyl carbamates (subject to hydrolysis) is 1. The van der Waals surface area contributed by atoms with Gasteiger partial charge < -0.3 is 63.9 Å². The average Bonchev–Trinajstić information content (AvgIpc) is 1.62. The number of nitrogens with two attached hydrogens (primary N) is 1. The minimum atomic E-state index is -4.08. The average molecular weight is 1410 g/mol. The molecule has 29 heteroatoms. The largest absolute Gasteiger partial charge is 0.514 e. The molecule has 0 aromatic heterocycles. The number of aliphatic hydroxyl groups is 2. The van der Waals surface area contributed by atoms with E-state index in [1.54, 1.807) is 24.3 Å². The number of carbonyl (C=O) groups is 2. The molecule has 1 amide bonds. The van der Waals surface area contributed by atoms with Crippen LogP contribution in [0.1, 0.15) is 77.3 Å². The van der Waals surface area contributed by atoms with E-state index in [2.05, 4.69) is 17.5 Å². The Kier molecular flexibility index (Phi) is 29.8. The molecule has 5 aromatic rings. The molecule has 4 saturated heterocycles. The smallest absolute Gasteiger partial charge is 0.497 e. The molecule has 4 heterocycles. The van der Waals surface area contributed by atoms with Gasteiger partial charge in [-0.25, -0.2) is 26.4 Å². The van der Waals surface area contributed by atoms with E-state index in [1.165, 1.54) is 71.4 Å². The summed E-state index contributed by atoms with van der Waals surface area (Å²) in [5, 5.41) is 53.8. The number of amides is 1. The molecule has 4 aliphatic rings. The summed E-state index contributed by atoms with van der Waals surface area (Å²) < 4.78 is 105. The van der Waals surface area contributed by atoms with Gasteiger partial charge in [0, 0.05) is 57.2 Å². The number of sulfonamides is 2. The minimum Gasteiger partial charge on any atom is -0.497 e. The Morgan fingerprint density at radius 2 is 1.07 bits per heavy atom. The highest BCUT2D eigenvalue weighted by Crippen LogP contribution is 2.36. The molecule has 97 heavy (non-hydrogen) atoms. The molecule has 4 fully saturated rings. The fourth-order valence-electron chi connectivity index (χ4n) is 11.3. The number of nitro benzene ring substituents is 1. The van der Waals surface area contributed by atoms with Crippen LogP contribution in [0.2, 0.25) is 0 Å². The highest BCUT2D eigenvalue weighted by Gasteiger charge is 2.46. The number of ether oxygens (including phenoxy) is 9. The summed E-state index contributed by atoms with van der Waals surface area (Å²) in [7, 11) is -4.98. The van der Waals surface area contributed by atoms with E-state index < -0.39 is 78.4 Å². The van der Waals surface area contributed by atoms with Crippen molar-refractivity contribution in [2.24, 2.45) is 28.4 Å². The van der Waals surface area contributed by atoms with Crippen molar-refractivity contribution < 1.29 is 84.2 Å². The summed E-state index contributed by atoms with van der Waals surface area (Å²) in [6, 6.07) is 38.9. The van der Waals surface area contributed by atoms with E-state index in [1.807, 2.05) is 88.4 Å². The summed E-state index contributed by atoms with van der Waals surface area (Å²) in [4.78, 5) is 34.9. The molecule has 10 atom stereocenters. The van der Waals surface area contributed by atoms with E-state index in [9.17, 15) is 46.8 Å². The minimum absolute atomic E-state index is 0. The van der Waals surface area contributed by atoms with E-state index in [0.29, 0.717) is 50.4 Å². The molecule has 9 rings (SSSR count). The molecule has 5 N–H and O–H groups in total. The number of nitro groups is 1. The fraction of sp³-hybridized carbons (Fsp3) is 0.500. The fourth-order valence-corrected chi connectivity index (χ4v) is 14.6. The molecule has 0 bridgehead atoms. The molecule has 0 radical (unpaired) electrons. The van der Waals surface area contributed by atoms with Crippen LogP contribution in [0.5, 0.6) is 17.2 Å². The molecular weight excluding hydrogens is 1320 g/mol. The van der Waals surface area contributed by atoms with Crippen LogP contribution in [-0.2, 0) is 61.3 Å². The third kappa shape index (κ3) is 23.3. The second kappa shape index (κ2) is 36.9. The molecular formula is C68H88ClN7O19S2. The number of nitrogens with one attached hydrogen (secondary N) is 1. The Morgan fingerprint density at radius 1 is 0.649 bits per heavy atom. The summed E-state index contributed by atoms with van der Waals surface area (Å²) in [6.45, 7) is 8.98. The Bertz CT molecular complexity index is 3610.